The summed E-state index contributed by atoms with van der Waals surface area (Å²) in [6.07, 6.45) is 0. The summed E-state index contributed by atoms with van der Waals surface area (Å²) in [6.45, 7) is 9.89. The molecule has 1 aliphatic rings. The lowest BCUT2D eigenvalue weighted by molar-refractivity contribution is -0.141. The van der Waals surface area contributed by atoms with Crippen LogP contribution in [-0.2, 0) is 4.79 Å². The van der Waals surface area contributed by atoms with Gasteiger partial charge in [-0.2, -0.15) is 0 Å². The fourth-order valence-corrected chi connectivity index (χ4v) is 3.08. The van der Waals surface area contributed by atoms with Crippen LogP contribution < -0.4 is 0 Å². The van der Waals surface area contributed by atoms with Crippen LogP contribution in [0.4, 0.5) is 0 Å². The zero-order valence-electron chi connectivity index (χ0n) is 12.5. The van der Waals surface area contributed by atoms with Gasteiger partial charge in [0.25, 0.3) is 0 Å². The van der Waals surface area contributed by atoms with Crippen molar-refractivity contribution in [1.82, 2.24) is 4.90 Å². The molecule has 0 unspecified atom stereocenters. The predicted octanol–water partition coefficient (Wildman–Crippen LogP) is 3.66. The van der Waals surface area contributed by atoms with Crippen LogP contribution in [0.25, 0.3) is 0 Å². The highest BCUT2D eigenvalue weighted by molar-refractivity contribution is 9.10. The summed E-state index contributed by atoms with van der Waals surface area (Å²) in [7, 11) is 0. The van der Waals surface area contributed by atoms with E-state index in [1.54, 1.807) is 0 Å². The highest BCUT2D eigenvalue weighted by Crippen LogP contribution is 2.37. The van der Waals surface area contributed by atoms with Crippen molar-refractivity contribution in [3.8, 4) is 0 Å². The van der Waals surface area contributed by atoms with E-state index in [-0.39, 0.29) is 17.4 Å². The maximum atomic E-state index is 11.6. The van der Waals surface area contributed by atoms with Crippen LogP contribution in [0.15, 0.2) is 22.7 Å². The van der Waals surface area contributed by atoms with Crippen molar-refractivity contribution < 1.29 is 9.90 Å². The Hall–Kier alpha value is -0.870. The molecule has 0 saturated carbocycles. The molecule has 0 radical (unpaired) electrons. The van der Waals surface area contributed by atoms with Gasteiger partial charge in [0.2, 0.25) is 0 Å². The Balaban J connectivity index is 2.32. The molecule has 1 aromatic carbocycles. The van der Waals surface area contributed by atoms with Gasteiger partial charge in [-0.05, 0) is 44.9 Å². The zero-order valence-corrected chi connectivity index (χ0v) is 14.1. The van der Waals surface area contributed by atoms with Crippen molar-refractivity contribution >= 4 is 21.9 Å². The number of hydrogen-bond acceptors (Lipinski definition) is 2. The Morgan fingerprint density at radius 2 is 2.00 bits per heavy atom. The number of aryl methyl sites for hydroxylation is 1. The van der Waals surface area contributed by atoms with E-state index in [1.807, 2.05) is 19.1 Å². The van der Waals surface area contributed by atoms with Crippen molar-refractivity contribution in [2.24, 2.45) is 5.92 Å². The van der Waals surface area contributed by atoms with Gasteiger partial charge in [0.15, 0.2) is 0 Å². The molecule has 2 rings (SSSR count). The number of benzene rings is 1. The topological polar surface area (TPSA) is 40.5 Å². The molecule has 0 bridgehead atoms. The molecule has 0 amide bonds. The largest absolute Gasteiger partial charge is 0.481 e. The third kappa shape index (κ3) is 3.07. The minimum absolute atomic E-state index is 0.00680. The number of carboxylic acids is 1. The molecule has 1 aromatic rings. The molecule has 1 fully saturated rings. The molecule has 0 aliphatic carbocycles. The first-order valence-electron chi connectivity index (χ1n) is 6.94. The van der Waals surface area contributed by atoms with E-state index in [4.69, 9.17) is 0 Å². The van der Waals surface area contributed by atoms with Crippen LogP contribution in [0.1, 0.15) is 37.8 Å². The molecule has 0 spiro atoms. The van der Waals surface area contributed by atoms with Crippen LogP contribution in [0.5, 0.6) is 0 Å². The van der Waals surface area contributed by atoms with Crippen molar-refractivity contribution in [2.45, 2.75) is 39.2 Å². The summed E-state index contributed by atoms with van der Waals surface area (Å²) in [5.41, 5.74) is 2.29. The Labute approximate surface area is 129 Å². The lowest BCUT2D eigenvalue weighted by atomic mass is 9.88. The van der Waals surface area contributed by atoms with Crippen LogP contribution in [0.2, 0.25) is 0 Å². The Morgan fingerprint density at radius 3 is 2.50 bits per heavy atom. The van der Waals surface area contributed by atoms with Gasteiger partial charge in [-0.25, -0.2) is 0 Å². The van der Waals surface area contributed by atoms with E-state index in [0.29, 0.717) is 6.54 Å². The highest BCUT2D eigenvalue weighted by atomic mass is 79.9. The van der Waals surface area contributed by atoms with Gasteiger partial charge in [-0.15, -0.1) is 0 Å². The Morgan fingerprint density at radius 1 is 1.35 bits per heavy atom. The van der Waals surface area contributed by atoms with Crippen molar-refractivity contribution in [3.05, 3.63) is 33.8 Å². The van der Waals surface area contributed by atoms with Crippen LogP contribution >= 0.6 is 15.9 Å². The molecular weight excluding hydrogens is 318 g/mol. The van der Waals surface area contributed by atoms with Gasteiger partial charge in [0.1, 0.15) is 0 Å². The summed E-state index contributed by atoms with van der Waals surface area (Å²) in [5.74, 6) is -0.948. The Kier molecular flexibility index (Phi) is 4.26. The maximum Gasteiger partial charge on any atom is 0.308 e. The number of carbonyl (C=O) groups is 1. The average Bonchev–Trinajstić information content (AvgIpc) is 2.77. The normalized spacial score (nSPS) is 24.1. The number of halogens is 1. The first kappa shape index (κ1) is 15.5. The van der Waals surface area contributed by atoms with E-state index in [0.717, 1.165) is 22.1 Å². The second-order valence-electron chi connectivity index (χ2n) is 6.64. The quantitative estimate of drug-likeness (QED) is 0.893. The minimum Gasteiger partial charge on any atom is -0.481 e. The number of likely N-dealkylation sites (tertiary alicyclic amines) is 1. The van der Waals surface area contributed by atoms with Gasteiger partial charge in [-0.1, -0.05) is 28.1 Å². The third-order valence-electron chi connectivity index (χ3n) is 4.20. The van der Waals surface area contributed by atoms with E-state index >= 15 is 0 Å². The first-order valence-corrected chi connectivity index (χ1v) is 7.73. The number of carboxylic acid groups (broad SMARTS) is 1. The predicted molar refractivity (Wildman–Crippen MR) is 84.1 cm³/mol. The molecule has 110 valence electrons. The molecule has 1 saturated heterocycles. The smallest absolute Gasteiger partial charge is 0.308 e. The van der Waals surface area contributed by atoms with Gasteiger partial charge in [0, 0.05) is 29.0 Å². The number of aliphatic carboxylic acids is 1. The molecule has 1 aliphatic heterocycles. The molecule has 3 nitrogen and oxygen atoms in total. The summed E-state index contributed by atoms with van der Waals surface area (Å²) in [5, 5.41) is 9.52. The standard InChI is InChI=1S/C16H22BrNO2/c1-10-7-11(5-6-14(10)17)12-8-18(16(2,3)4)9-13(12)15(19)20/h5-7,12-13H,8-9H2,1-4H3,(H,19,20)/t12-,13+/m0/s1. The second-order valence-corrected chi connectivity index (χ2v) is 7.49. The van der Waals surface area contributed by atoms with E-state index in [1.165, 1.54) is 0 Å². The lowest BCUT2D eigenvalue weighted by Crippen LogP contribution is -2.40. The number of nitrogens with zero attached hydrogens (tertiary/aromatic N) is 1. The van der Waals surface area contributed by atoms with E-state index in [2.05, 4.69) is 47.7 Å². The summed E-state index contributed by atoms with van der Waals surface area (Å²) in [6, 6.07) is 6.17. The maximum absolute atomic E-state index is 11.6. The van der Waals surface area contributed by atoms with Gasteiger partial charge >= 0.3 is 5.97 Å². The molecule has 1 N–H and O–H groups in total. The van der Waals surface area contributed by atoms with Gasteiger partial charge in [0.05, 0.1) is 5.92 Å². The average molecular weight is 340 g/mol. The van der Waals surface area contributed by atoms with E-state index in [9.17, 15) is 9.90 Å². The second kappa shape index (κ2) is 5.49. The van der Waals surface area contributed by atoms with Crippen LogP contribution in [0.3, 0.4) is 0 Å². The number of rotatable bonds is 2. The lowest BCUT2D eigenvalue weighted by Gasteiger charge is -2.31. The van der Waals surface area contributed by atoms with Gasteiger partial charge in [-0.3, -0.25) is 9.69 Å². The first-order chi connectivity index (χ1) is 9.20. The van der Waals surface area contributed by atoms with Gasteiger partial charge < -0.3 is 5.11 Å². The summed E-state index contributed by atoms with van der Waals surface area (Å²) >= 11 is 3.50. The summed E-state index contributed by atoms with van der Waals surface area (Å²) in [4.78, 5) is 13.8. The van der Waals surface area contributed by atoms with Crippen LogP contribution in [-0.4, -0.2) is 34.6 Å². The minimum atomic E-state index is -0.692. The molecule has 0 aromatic heterocycles. The molecule has 2 atom stereocenters. The van der Waals surface area contributed by atoms with E-state index < -0.39 is 5.97 Å². The highest BCUT2D eigenvalue weighted by Gasteiger charge is 2.42. The third-order valence-corrected chi connectivity index (χ3v) is 5.09. The SMILES string of the molecule is Cc1cc([C@@H]2CN(C(C)(C)C)C[C@H]2C(=O)O)ccc1Br. The molecule has 4 heteroatoms. The zero-order chi connectivity index (χ0) is 15.1. The van der Waals surface area contributed by atoms with Crippen LogP contribution in [0, 0.1) is 12.8 Å². The van der Waals surface area contributed by atoms with Crippen molar-refractivity contribution in [3.63, 3.8) is 0 Å². The number of hydrogen-bond donors (Lipinski definition) is 1. The molecular formula is C16H22BrNO2. The monoisotopic (exact) mass is 339 g/mol. The van der Waals surface area contributed by atoms with Crippen molar-refractivity contribution in [1.29, 1.82) is 0 Å². The summed E-state index contributed by atoms with van der Waals surface area (Å²) < 4.78 is 1.07. The fraction of sp³-hybridized carbons (Fsp3) is 0.562. The fourth-order valence-electron chi connectivity index (χ4n) is 2.84. The molecule has 1 heterocycles. The Bertz CT molecular complexity index is 522. The van der Waals surface area contributed by atoms with Crippen molar-refractivity contribution in [2.75, 3.05) is 13.1 Å². The molecule has 20 heavy (non-hydrogen) atoms.